The molecule has 1 aliphatic carbocycles. The average Bonchev–Trinajstić information content (AvgIpc) is 3.15. The summed E-state index contributed by atoms with van der Waals surface area (Å²) in [5, 5.41) is 18.9. The van der Waals surface area contributed by atoms with Gasteiger partial charge in [-0.2, -0.15) is 5.26 Å². The van der Waals surface area contributed by atoms with Gasteiger partial charge in [0.2, 0.25) is 0 Å². The molecule has 0 spiro atoms. The fourth-order valence-electron chi connectivity index (χ4n) is 2.96. The third-order valence-corrected chi connectivity index (χ3v) is 4.53. The van der Waals surface area contributed by atoms with Crippen molar-refractivity contribution in [2.75, 3.05) is 20.2 Å². The lowest BCUT2D eigenvalue weighted by Gasteiger charge is -2.19. The van der Waals surface area contributed by atoms with E-state index in [1.807, 2.05) is 18.0 Å². The van der Waals surface area contributed by atoms with Gasteiger partial charge in [-0.1, -0.05) is 6.92 Å². The van der Waals surface area contributed by atoms with Crippen molar-refractivity contribution in [1.82, 2.24) is 4.90 Å². The molecule has 132 valence electrons. The lowest BCUT2D eigenvalue weighted by atomic mass is 10.2. The Morgan fingerprint density at radius 1 is 1.32 bits per heavy atom. The number of nitriles is 1. The number of furan rings is 1. The van der Waals surface area contributed by atoms with Crippen molar-refractivity contribution in [2.45, 2.75) is 31.9 Å². The molecule has 5 heteroatoms. The van der Waals surface area contributed by atoms with Gasteiger partial charge in [0.1, 0.15) is 30.0 Å². The van der Waals surface area contributed by atoms with Gasteiger partial charge in [-0.05, 0) is 55.8 Å². The highest BCUT2D eigenvalue weighted by atomic mass is 16.5. The predicted molar refractivity (Wildman–Crippen MR) is 94.2 cm³/mol. The smallest absolute Gasteiger partial charge is 0.119 e. The predicted octanol–water partition coefficient (Wildman–Crippen LogP) is 3.15. The highest BCUT2D eigenvalue weighted by Gasteiger charge is 2.36. The van der Waals surface area contributed by atoms with E-state index in [1.165, 1.54) is 6.42 Å². The Kier molecular flexibility index (Phi) is 5.42. The first-order valence-corrected chi connectivity index (χ1v) is 8.63. The molecule has 1 aliphatic rings. The van der Waals surface area contributed by atoms with Gasteiger partial charge in [-0.25, -0.2) is 0 Å². The Hall–Kier alpha value is -2.29. The Bertz CT molecular complexity index is 732. The lowest BCUT2D eigenvalue weighted by Crippen LogP contribution is -2.32. The summed E-state index contributed by atoms with van der Waals surface area (Å²) >= 11 is 0. The maximum Gasteiger partial charge on any atom is 0.119 e. The minimum atomic E-state index is -0.599. The van der Waals surface area contributed by atoms with Crippen LogP contribution in [0.4, 0.5) is 0 Å². The van der Waals surface area contributed by atoms with Crippen molar-refractivity contribution >= 4 is 0 Å². The van der Waals surface area contributed by atoms with Crippen LogP contribution in [0.2, 0.25) is 0 Å². The molecule has 0 amide bonds. The van der Waals surface area contributed by atoms with Gasteiger partial charge in [-0.15, -0.1) is 0 Å². The molecule has 2 aromatic rings. The first kappa shape index (κ1) is 17.5. The number of nitrogens with zero attached hydrogens (tertiary/aromatic N) is 2. The fourth-order valence-corrected chi connectivity index (χ4v) is 2.96. The zero-order valence-corrected chi connectivity index (χ0v) is 14.7. The van der Waals surface area contributed by atoms with Crippen LogP contribution in [-0.2, 0) is 6.54 Å². The topological polar surface area (TPSA) is 69.6 Å². The molecule has 3 rings (SSSR count). The summed E-state index contributed by atoms with van der Waals surface area (Å²) in [5.41, 5.74) is 0.589. The van der Waals surface area contributed by atoms with Gasteiger partial charge in [0.05, 0.1) is 18.2 Å². The monoisotopic (exact) mass is 340 g/mol. The number of aliphatic hydroxyl groups is 1. The van der Waals surface area contributed by atoms with Gasteiger partial charge in [0.25, 0.3) is 0 Å². The highest BCUT2D eigenvalue weighted by Crippen LogP contribution is 2.47. The summed E-state index contributed by atoms with van der Waals surface area (Å²) < 4.78 is 11.5. The summed E-state index contributed by atoms with van der Waals surface area (Å²) in [4.78, 5) is 2.02. The SMILES string of the molecule is C[C@@H]1C[C@@H]1c1ccc(CN(C)C[C@H](O)COc2ccc(C#N)cc2)o1. The van der Waals surface area contributed by atoms with Crippen LogP contribution in [0.5, 0.6) is 5.75 Å². The number of rotatable bonds is 8. The highest BCUT2D eigenvalue weighted by molar-refractivity contribution is 5.34. The first-order chi connectivity index (χ1) is 12.0. The molecule has 0 aliphatic heterocycles. The van der Waals surface area contributed by atoms with Gasteiger partial charge in [-0.3, -0.25) is 4.90 Å². The van der Waals surface area contributed by atoms with Crippen LogP contribution in [0, 0.1) is 17.2 Å². The van der Waals surface area contributed by atoms with Crippen LogP contribution < -0.4 is 4.74 Å². The van der Waals surface area contributed by atoms with Gasteiger partial charge >= 0.3 is 0 Å². The summed E-state index contributed by atoms with van der Waals surface area (Å²) in [6.45, 7) is 3.60. The van der Waals surface area contributed by atoms with E-state index in [2.05, 4.69) is 19.1 Å². The molecule has 1 fully saturated rings. The molecule has 1 saturated carbocycles. The maximum atomic E-state index is 10.1. The third-order valence-electron chi connectivity index (χ3n) is 4.53. The molecule has 1 N–H and O–H groups in total. The van der Waals surface area contributed by atoms with Gasteiger partial charge in [0, 0.05) is 12.5 Å². The molecule has 1 aromatic heterocycles. The summed E-state index contributed by atoms with van der Waals surface area (Å²) in [7, 11) is 1.95. The van der Waals surface area contributed by atoms with E-state index < -0.39 is 6.10 Å². The molecule has 1 aromatic carbocycles. The second-order valence-electron chi connectivity index (χ2n) is 6.92. The van der Waals surface area contributed by atoms with Gasteiger partial charge in [0.15, 0.2) is 0 Å². The maximum absolute atomic E-state index is 10.1. The Balaban J connectivity index is 1.41. The van der Waals surface area contributed by atoms with Crippen molar-refractivity contribution < 1.29 is 14.3 Å². The molecule has 0 bridgehead atoms. The number of hydrogen-bond acceptors (Lipinski definition) is 5. The second-order valence-corrected chi connectivity index (χ2v) is 6.92. The van der Waals surface area contributed by atoms with E-state index in [1.54, 1.807) is 24.3 Å². The van der Waals surface area contributed by atoms with E-state index in [-0.39, 0.29) is 6.61 Å². The molecular weight excluding hydrogens is 316 g/mol. The van der Waals surface area contributed by atoms with E-state index in [4.69, 9.17) is 14.4 Å². The minimum absolute atomic E-state index is 0.208. The molecule has 0 unspecified atom stereocenters. The number of likely N-dealkylation sites (N-methyl/N-ethyl adjacent to an activating group) is 1. The van der Waals surface area contributed by atoms with Crippen LogP contribution >= 0.6 is 0 Å². The summed E-state index contributed by atoms with van der Waals surface area (Å²) in [5.74, 6) is 3.98. The number of benzene rings is 1. The van der Waals surface area contributed by atoms with Crippen LogP contribution in [-0.4, -0.2) is 36.3 Å². The molecule has 0 radical (unpaired) electrons. The molecule has 25 heavy (non-hydrogen) atoms. The normalized spacial score (nSPS) is 20.3. The Labute approximate surface area is 148 Å². The number of aliphatic hydroxyl groups excluding tert-OH is 1. The minimum Gasteiger partial charge on any atom is -0.491 e. The number of hydrogen-bond donors (Lipinski definition) is 1. The zero-order chi connectivity index (χ0) is 17.8. The van der Waals surface area contributed by atoms with Crippen molar-refractivity contribution in [3.8, 4) is 11.8 Å². The molecule has 1 heterocycles. The molecule has 0 saturated heterocycles. The van der Waals surface area contributed by atoms with Crippen LogP contribution in [0.3, 0.4) is 0 Å². The van der Waals surface area contributed by atoms with Gasteiger partial charge < -0.3 is 14.3 Å². The van der Waals surface area contributed by atoms with E-state index in [0.717, 1.165) is 17.4 Å². The fraction of sp³-hybridized carbons (Fsp3) is 0.450. The largest absolute Gasteiger partial charge is 0.491 e. The number of ether oxygens (including phenoxy) is 1. The van der Waals surface area contributed by atoms with Crippen molar-refractivity contribution in [3.63, 3.8) is 0 Å². The van der Waals surface area contributed by atoms with Crippen molar-refractivity contribution in [3.05, 3.63) is 53.5 Å². The van der Waals surface area contributed by atoms with E-state index in [9.17, 15) is 5.11 Å². The molecular formula is C20H24N2O3. The third kappa shape index (κ3) is 4.85. The second kappa shape index (κ2) is 7.73. The van der Waals surface area contributed by atoms with Crippen LogP contribution in [0.1, 0.15) is 36.3 Å². The standard InChI is InChI=1S/C20H24N2O3/c1-14-9-19(14)20-8-7-18(25-20)12-22(2)11-16(23)13-24-17-5-3-15(10-21)4-6-17/h3-8,14,16,19,23H,9,11-13H2,1-2H3/t14-,16+,19+/m1/s1. The first-order valence-electron chi connectivity index (χ1n) is 8.63. The molecule has 3 atom stereocenters. The summed E-state index contributed by atoms with van der Waals surface area (Å²) in [6, 6.07) is 13.0. The lowest BCUT2D eigenvalue weighted by molar-refractivity contribution is 0.0724. The van der Waals surface area contributed by atoms with Crippen molar-refractivity contribution in [2.24, 2.45) is 5.92 Å². The van der Waals surface area contributed by atoms with E-state index in [0.29, 0.717) is 30.3 Å². The summed E-state index contributed by atoms with van der Waals surface area (Å²) in [6.07, 6.45) is 0.618. The average molecular weight is 340 g/mol. The van der Waals surface area contributed by atoms with Crippen LogP contribution in [0.15, 0.2) is 40.8 Å². The molecule has 5 nitrogen and oxygen atoms in total. The zero-order valence-electron chi connectivity index (χ0n) is 14.7. The van der Waals surface area contributed by atoms with Crippen molar-refractivity contribution in [1.29, 1.82) is 5.26 Å². The Morgan fingerprint density at radius 3 is 2.68 bits per heavy atom. The Morgan fingerprint density at radius 2 is 2.04 bits per heavy atom. The van der Waals surface area contributed by atoms with E-state index >= 15 is 0 Å². The quantitative estimate of drug-likeness (QED) is 0.799. The van der Waals surface area contributed by atoms with Crippen LogP contribution in [0.25, 0.3) is 0 Å².